The Kier molecular flexibility index (Phi) is 6.85. The summed E-state index contributed by atoms with van der Waals surface area (Å²) in [5.74, 6) is 0.248. The summed E-state index contributed by atoms with van der Waals surface area (Å²) in [5, 5.41) is 3.37. The van der Waals surface area contributed by atoms with Crippen LogP contribution in [0.5, 0.6) is 0 Å². The normalized spacial score (nSPS) is 11.9. The van der Waals surface area contributed by atoms with Gasteiger partial charge in [-0.05, 0) is 12.8 Å². The molecule has 1 unspecified atom stereocenters. The van der Waals surface area contributed by atoms with Crippen LogP contribution in [0.1, 0.15) is 56.4 Å². The number of unbranched alkanes of at least 4 members (excludes halogenated alkanes) is 1. The summed E-state index contributed by atoms with van der Waals surface area (Å²) >= 11 is 0. The molecule has 1 atom stereocenters. The van der Waals surface area contributed by atoms with Crippen molar-refractivity contribution < 1.29 is 9.53 Å². The van der Waals surface area contributed by atoms with Gasteiger partial charge in [0.1, 0.15) is 5.82 Å². The van der Waals surface area contributed by atoms with Gasteiger partial charge in [0, 0.05) is 6.04 Å². The number of nitrogens with zero attached hydrogens (tertiary/aromatic N) is 2. The summed E-state index contributed by atoms with van der Waals surface area (Å²) in [6.07, 6.45) is 8.79. The molecule has 19 heavy (non-hydrogen) atoms. The molecule has 1 heterocycles. The van der Waals surface area contributed by atoms with Gasteiger partial charge in [0.15, 0.2) is 5.69 Å². The minimum absolute atomic E-state index is 0.230. The Bertz CT molecular complexity index is 379. The van der Waals surface area contributed by atoms with Gasteiger partial charge in [0.2, 0.25) is 0 Å². The van der Waals surface area contributed by atoms with E-state index < -0.39 is 5.97 Å². The van der Waals surface area contributed by atoms with Gasteiger partial charge in [-0.1, -0.05) is 33.1 Å². The lowest BCUT2D eigenvalue weighted by atomic mass is 10.1. The lowest BCUT2D eigenvalue weighted by molar-refractivity contribution is 0.0593. The third-order valence-electron chi connectivity index (χ3n) is 2.94. The fraction of sp³-hybridized carbons (Fsp3) is 0.643. The number of esters is 1. The number of rotatable bonds is 8. The number of anilines is 1. The average Bonchev–Trinajstić information content (AvgIpc) is 2.45. The fourth-order valence-corrected chi connectivity index (χ4v) is 1.91. The predicted octanol–water partition coefficient (Wildman–Crippen LogP) is 3.03. The summed E-state index contributed by atoms with van der Waals surface area (Å²) in [7, 11) is 1.33. The Labute approximate surface area is 114 Å². The molecule has 0 saturated carbocycles. The maximum Gasteiger partial charge on any atom is 0.358 e. The van der Waals surface area contributed by atoms with Crippen molar-refractivity contribution >= 4 is 11.8 Å². The van der Waals surface area contributed by atoms with E-state index in [9.17, 15) is 4.79 Å². The lowest BCUT2D eigenvalue weighted by Gasteiger charge is -2.18. The van der Waals surface area contributed by atoms with Crippen molar-refractivity contribution in [1.82, 2.24) is 9.97 Å². The zero-order valence-corrected chi connectivity index (χ0v) is 12.0. The molecule has 1 aromatic rings. The first kappa shape index (κ1) is 15.4. The van der Waals surface area contributed by atoms with E-state index in [4.69, 9.17) is 0 Å². The predicted molar refractivity (Wildman–Crippen MR) is 75.2 cm³/mol. The van der Waals surface area contributed by atoms with E-state index in [0.29, 0.717) is 11.9 Å². The van der Waals surface area contributed by atoms with E-state index in [1.54, 1.807) is 6.20 Å². The zero-order valence-electron chi connectivity index (χ0n) is 12.0. The number of ether oxygens (including phenoxy) is 1. The van der Waals surface area contributed by atoms with E-state index in [1.807, 2.05) is 0 Å². The molecule has 1 aromatic heterocycles. The van der Waals surface area contributed by atoms with Gasteiger partial charge < -0.3 is 10.1 Å². The van der Waals surface area contributed by atoms with Crippen LogP contribution in [0.15, 0.2) is 12.4 Å². The Morgan fingerprint density at radius 3 is 2.58 bits per heavy atom. The number of hydrogen-bond acceptors (Lipinski definition) is 5. The third-order valence-corrected chi connectivity index (χ3v) is 2.94. The van der Waals surface area contributed by atoms with E-state index in [-0.39, 0.29) is 5.69 Å². The van der Waals surface area contributed by atoms with Crippen molar-refractivity contribution in [1.29, 1.82) is 0 Å². The van der Waals surface area contributed by atoms with Crippen molar-refractivity contribution in [3.63, 3.8) is 0 Å². The molecule has 0 saturated heterocycles. The first-order chi connectivity index (χ1) is 9.21. The fourth-order valence-electron chi connectivity index (χ4n) is 1.91. The smallest absolute Gasteiger partial charge is 0.358 e. The standard InChI is InChI=1S/C14H23N3O2/c1-4-6-8-11(7-5-2)17-13-10-15-12(9-16-13)14(18)19-3/h9-11H,4-8H2,1-3H3,(H,16,17). The molecule has 0 aromatic carbocycles. The summed E-state index contributed by atoms with van der Waals surface area (Å²) in [4.78, 5) is 19.5. The van der Waals surface area contributed by atoms with Crippen LogP contribution >= 0.6 is 0 Å². The monoisotopic (exact) mass is 265 g/mol. The molecular weight excluding hydrogens is 242 g/mol. The highest BCUT2D eigenvalue weighted by molar-refractivity contribution is 5.86. The highest BCUT2D eigenvalue weighted by Crippen LogP contribution is 2.13. The largest absolute Gasteiger partial charge is 0.464 e. The van der Waals surface area contributed by atoms with Crippen molar-refractivity contribution in [2.75, 3.05) is 12.4 Å². The number of nitrogens with one attached hydrogen (secondary N) is 1. The first-order valence-corrected chi connectivity index (χ1v) is 6.88. The first-order valence-electron chi connectivity index (χ1n) is 6.88. The van der Waals surface area contributed by atoms with E-state index in [2.05, 4.69) is 33.9 Å². The summed E-state index contributed by atoms with van der Waals surface area (Å²) in [6.45, 7) is 4.36. The minimum Gasteiger partial charge on any atom is -0.464 e. The Balaban J connectivity index is 2.60. The Morgan fingerprint density at radius 1 is 1.26 bits per heavy atom. The van der Waals surface area contributed by atoms with Gasteiger partial charge in [0.25, 0.3) is 0 Å². The lowest BCUT2D eigenvalue weighted by Crippen LogP contribution is -2.20. The van der Waals surface area contributed by atoms with Crippen molar-refractivity contribution in [3.8, 4) is 0 Å². The van der Waals surface area contributed by atoms with Crippen molar-refractivity contribution in [2.24, 2.45) is 0 Å². The maximum atomic E-state index is 11.2. The second-order valence-corrected chi connectivity index (χ2v) is 4.55. The summed E-state index contributed by atoms with van der Waals surface area (Å²) in [6, 6.07) is 0.420. The Morgan fingerprint density at radius 2 is 2.05 bits per heavy atom. The molecular formula is C14H23N3O2. The molecule has 0 spiro atoms. The van der Waals surface area contributed by atoms with Crippen LogP contribution in [0, 0.1) is 0 Å². The van der Waals surface area contributed by atoms with Crippen LogP contribution in [-0.2, 0) is 4.74 Å². The van der Waals surface area contributed by atoms with Crippen LogP contribution in [0.2, 0.25) is 0 Å². The third kappa shape index (κ3) is 5.24. The van der Waals surface area contributed by atoms with Crippen molar-refractivity contribution in [2.45, 2.75) is 52.0 Å². The van der Waals surface area contributed by atoms with Crippen LogP contribution < -0.4 is 5.32 Å². The average molecular weight is 265 g/mol. The number of hydrogen-bond donors (Lipinski definition) is 1. The number of carbonyl (C=O) groups excluding carboxylic acids is 1. The second-order valence-electron chi connectivity index (χ2n) is 4.55. The van der Waals surface area contributed by atoms with Gasteiger partial charge >= 0.3 is 5.97 Å². The molecule has 5 nitrogen and oxygen atoms in total. The molecule has 1 rings (SSSR count). The van der Waals surface area contributed by atoms with E-state index >= 15 is 0 Å². The summed E-state index contributed by atoms with van der Waals surface area (Å²) in [5.41, 5.74) is 0.230. The van der Waals surface area contributed by atoms with Gasteiger partial charge in [-0.3, -0.25) is 0 Å². The molecule has 0 aliphatic heterocycles. The topological polar surface area (TPSA) is 64.1 Å². The van der Waals surface area contributed by atoms with Gasteiger partial charge in [-0.2, -0.15) is 0 Å². The number of methoxy groups -OCH3 is 1. The molecule has 0 fully saturated rings. The SMILES string of the molecule is CCCCC(CCC)Nc1cnc(C(=O)OC)cn1. The quantitative estimate of drug-likeness (QED) is 0.732. The summed E-state index contributed by atoms with van der Waals surface area (Å²) < 4.78 is 4.59. The molecule has 106 valence electrons. The molecule has 0 radical (unpaired) electrons. The van der Waals surface area contributed by atoms with Crippen LogP contribution in [0.3, 0.4) is 0 Å². The minimum atomic E-state index is -0.463. The highest BCUT2D eigenvalue weighted by Gasteiger charge is 2.10. The van der Waals surface area contributed by atoms with Crippen LogP contribution in [-0.4, -0.2) is 29.1 Å². The van der Waals surface area contributed by atoms with Gasteiger partial charge in [0.05, 0.1) is 19.5 Å². The van der Waals surface area contributed by atoms with Crippen molar-refractivity contribution in [3.05, 3.63) is 18.1 Å². The number of carbonyl (C=O) groups is 1. The van der Waals surface area contributed by atoms with Crippen LogP contribution in [0.25, 0.3) is 0 Å². The van der Waals surface area contributed by atoms with Gasteiger partial charge in [-0.25, -0.2) is 14.8 Å². The molecule has 1 N–H and O–H groups in total. The zero-order chi connectivity index (χ0) is 14.1. The Hall–Kier alpha value is -1.65. The maximum absolute atomic E-state index is 11.2. The number of aromatic nitrogens is 2. The second kappa shape index (κ2) is 8.45. The van der Waals surface area contributed by atoms with Crippen LogP contribution in [0.4, 0.5) is 5.82 Å². The van der Waals surface area contributed by atoms with Gasteiger partial charge in [-0.15, -0.1) is 0 Å². The molecule has 0 bridgehead atoms. The molecule has 5 heteroatoms. The van der Waals surface area contributed by atoms with E-state index in [0.717, 1.165) is 19.3 Å². The molecule has 0 amide bonds. The highest BCUT2D eigenvalue weighted by atomic mass is 16.5. The molecule has 0 aliphatic carbocycles. The molecule has 0 aliphatic rings. The van der Waals surface area contributed by atoms with E-state index in [1.165, 1.54) is 26.1 Å².